The molecule has 6 heteroatoms. The van der Waals surface area contributed by atoms with Crippen molar-refractivity contribution in [2.45, 2.75) is 19.1 Å². The Labute approximate surface area is 75.3 Å². The highest BCUT2D eigenvalue weighted by atomic mass is 16.6. The fourth-order valence-corrected chi connectivity index (χ4v) is 1.13. The second kappa shape index (κ2) is 3.61. The topological polar surface area (TPSA) is 92.9 Å². The summed E-state index contributed by atoms with van der Waals surface area (Å²) in [5, 5.41) is 8.55. The van der Waals surface area contributed by atoms with Crippen LogP contribution in [0.15, 0.2) is 0 Å². The van der Waals surface area contributed by atoms with Gasteiger partial charge in [-0.1, -0.05) is 0 Å². The Morgan fingerprint density at radius 2 is 2.54 bits per heavy atom. The highest BCUT2D eigenvalue weighted by Gasteiger charge is 2.35. The van der Waals surface area contributed by atoms with Crippen LogP contribution in [0.4, 0.5) is 4.79 Å². The second-order valence-electron chi connectivity index (χ2n) is 3.09. The van der Waals surface area contributed by atoms with Crippen LogP contribution in [-0.4, -0.2) is 47.3 Å². The van der Waals surface area contributed by atoms with E-state index < -0.39 is 18.2 Å². The molecule has 2 unspecified atom stereocenters. The zero-order valence-electron chi connectivity index (χ0n) is 7.27. The molecule has 0 aromatic carbocycles. The number of nitrogens with zero attached hydrogens (tertiary/aromatic N) is 1. The van der Waals surface area contributed by atoms with Crippen molar-refractivity contribution in [3.8, 4) is 0 Å². The summed E-state index contributed by atoms with van der Waals surface area (Å²) in [4.78, 5) is 22.7. The monoisotopic (exact) mass is 188 g/mol. The van der Waals surface area contributed by atoms with E-state index in [0.29, 0.717) is 6.54 Å². The van der Waals surface area contributed by atoms with E-state index in [2.05, 4.69) is 4.74 Å². The van der Waals surface area contributed by atoms with Crippen LogP contribution < -0.4 is 5.73 Å². The number of carboxylic acids is 1. The minimum absolute atomic E-state index is 0.0791. The van der Waals surface area contributed by atoms with E-state index in [-0.39, 0.29) is 12.6 Å². The van der Waals surface area contributed by atoms with Crippen molar-refractivity contribution in [2.75, 3.05) is 13.1 Å². The molecule has 2 atom stereocenters. The normalized spacial score (nSPS) is 24.3. The van der Waals surface area contributed by atoms with Gasteiger partial charge in [-0.2, -0.15) is 0 Å². The molecule has 0 aromatic rings. The molecule has 0 spiro atoms. The Morgan fingerprint density at radius 1 is 1.92 bits per heavy atom. The number of ether oxygens (including phenoxy) is 1. The molecule has 1 fully saturated rings. The van der Waals surface area contributed by atoms with Crippen molar-refractivity contribution in [3.63, 3.8) is 0 Å². The molecule has 0 aliphatic carbocycles. The molecule has 1 saturated heterocycles. The zero-order chi connectivity index (χ0) is 10.0. The van der Waals surface area contributed by atoms with Crippen molar-refractivity contribution in [3.05, 3.63) is 0 Å². The average Bonchev–Trinajstić information content (AvgIpc) is 2.31. The van der Waals surface area contributed by atoms with Crippen molar-refractivity contribution in [2.24, 2.45) is 5.73 Å². The quantitative estimate of drug-likeness (QED) is 0.607. The lowest BCUT2D eigenvalue weighted by atomic mass is 10.3. The smallest absolute Gasteiger partial charge is 0.410 e. The van der Waals surface area contributed by atoms with Crippen LogP contribution in [0.5, 0.6) is 0 Å². The maximum absolute atomic E-state index is 11.0. The van der Waals surface area contributed by atoms with Crippen molar-refractivity contribution in [1.29, 1.82) is 0 Å². The number of carbonyl (C=O) groups excluding carboxylic acids is 1. The summed E-state index contributed by atoms with van der Waals surface area (Å²) in [5.41, 5.74) is 5.46. The first-order valence-electron chi connectivity index (χ1n) is 3.94. The first-order chi connectivity index (χ1) is 6.00. The number of cyclic esters (lactones) is 1. The Bertz CT molecular complexity index is 229. The maximum Gasteiger partial charge on any atom is 0.410 e. The van der Waals surface area contributed by atoms with E-state index >= 15 is 0 Å². The summed E-state index contributed by atoms with van der Waals surface area (Å²) in [5.74, 6) is -1.12. The molecule has 1 aliphatic heterocycles. The van der Waals surface area contributed by atoms with Crippen LogP contribution >= 0.6 is 0 Å². The molecule has 0 saturated carbocycles. The molecule has 74 valence electrons. The Kier molecular flexibility index (Phi) is 2.72. The summed E-state index contributed by atoms with van der Waals surface area (Å²) in [6.45, 7) is 2.14. The number of rotatable bonds is 3. The molecule has 1 aliphatic rings. The molecule has 3 N–H and O–H groups in total. The van der Waals surface area contributed by atoms with E-state index in [9.17, 15) is 9.59 Å². The second-order valence-corrected chi connectivity index (χ2v) is 3.09. The fraction of sp³-hybridized carbons (Fsp3) is 0.714. The van der Waals surface area contributed by atoms with Gasteiger partial charge in [0.15, 0.2) is 0 Å². The number of hydrogen-bond acceptors (Lipinski definition) is 4. The molecule has 1 heterocycles. The van der Waals surface area contributed by atoms with Crippen molar-refractivity contribution in [1.82, 2.24) is 4.90 Å². The highest BCUT2D eigenvalue weighted by molar-refractivity contribution is 5.81. The molecule has 1 amide bonds. The lowest BCUT2D eigenvalue weighted by Crippen LogP contribution is -2.37. The number of hydrogen-bond donors (Lipinski definition) is 2. The van der Waals surface area contributed by atoms with Crippen LogP contribution in [0.2, 0.25) is 0 Å². The summed E-state index contributed by atoms with van der Waals surface area (Å²) >= 11 is 0. The lowest BCUT2D eigenvalue weighted by molar-refractivity contribution is -0.144. The number of carboxylic acid groups (broad SMARTS) is 1. The summed E-state index contributed by atoms with van der Waals surface area (Å²) in [6.07, 6.45) is -1.66. The fourth-order valence-electron chi connectivity index (χ4n) is 1.13. The minimum atomic E-state index is -1.12. The van der Waals surface area contributed by atoms with Crippen LogP contribution in [0.25, 0.3) is 0 Å². The van der Waals surface area contributed by atoms with Crippen molar-refractivity contribution < 1.29 is 19.4 Å². The average molecular weight is 188 g/mol. The zero-order valence-corrected chi connectivity index (χ0v) is 7.27. The number of nitrogens with two attached hydrogens (primary N) is 1. The van der Waals surface area contributed by atoms with Gasteiger partial charge in [0.25, 0.3) is 0 Å². The van der Waals surface area contributed by atoms with Gasteiger partial charge in [0.05, 0.1) is 6.54 Å². The van der Waals surface area contributed by atoms with E-state index in [4.69, 9.17) is 10.8 Å². The number of aliphatic carboxylic acids is 1. The molecule has 13 heavy (non-hydrogen) atoms. The first kappa shape index (κ1) is 9.79. The van der Waals surface area contributed by atoms with Gasteiger partial charge < -0.3 is 20.5 Å². The van der Waals surface area contributed by atoms with Crippen molar-refractivity contribution >= 4 is 12.1 Å². The molecular weight excluding hydrogens is 176 g/mol. The predicted molar refractivity (Wildman–Crippen MR) is 43.1 cm³/mol. The SMILES string of the molecule is CC(N)CN1CC(C(=O)O)OC1=O. The third kappa shape index (κ3) is 2.32. The summed E-state index contributed by atoms with van der Waals surface area (Å²) in [6, 6.07) is -0.180. The third-order valence-electron chi connectivity index (χ3n) is 1.67. The van der Waals surface area contributed by atoms with Gasteiger partial charge in [-0.3, -0.25) is 0 Å². The van der Waals surface area contributed by atoms with Gasteiger partial charge in [-0.15, -0.1) is 0 Å². The molecular formula is C7H12N2O4. The Balaban J connectivity index is 2.51. The standard InChI is InChI=1S/C7H12N2O4/c1-4(8)2-9-3-5(6(10)11)13-7(9)12/h4-5H,2-3,8H2,1H3,(H,10,11). The Hall–Kier alpha value is -1.30. The van der Waals surface area contributed by atoms with E-state index in [0.717, 1.165) is 0 Å². The molecule has 0 bridgehead atoms. The van der Waals surface area contributed by atoms with E-state index in [1.54, 1.807) is 6.92 Å². The number of amides is 1. The molecule has 1 rings (SSSR count). The predicted octanol–water partition coefficient (Wildman–Crippen LogP) is -0.761. The molecule has 0 aromatic heterocycles. The Morgan fingerprint density at radius 3 is 2.92 bits per heavy atom. The highest BCUT2D eigenvalue weighted by Crippen LogP contribution is 2.11. The van der Waals surface area contributed by atoms with E-state index in [1.165, 1.54) is 4.90 Å². The van der Waals surface area contributed by atoms with Gasteiger partial charge in [0, 0.05) is 12.6 Å². The lowest BCUT2D eigenvalue weighted by Gasteiger charge is -2.14. The van der Waals surface area contributed by atoms with Crippen LogP contribution in [0.3, 0.4) is 0 Å². The summed E-state index contributed by atoms with van der Waals surface area (Å²) in [7, 11) is 0. The minimum Gasteiger partial charge on any atom is -0.478 e. The van der Waals surface area contributed by atoms with Crippen LogP contribution in [-0.2, 0) is 9.53 Å². The van der Waals surface area contributed by atoms with Gasteiger partial charge in [0.2, 0.25) is 6.10 Å². The molecule has 0 radical (unpaired) electrons. The summed E-state index contributed by atoms with van der Waals surface area (Å²) < 4.78 is 4.57. The third-order valence-corrected chi connectivity index (χ3v) is 1.67. The number of carbonyl (C=O) groups is 2. The maximum atomic E-state index is 11.0. The van der Waals surface area contributed by atoms with E-state index in [1.807, 2.05) is 0 Å². The van der Waals surface area contributed by atoms with Crippen LogP contribution in [0.1, 0.15) is 6.92 Å². The van der Waals surface area contributed by atoms with Gasteiger partial charge in [-0.25, -0.2) is 9.59 Å². The molecule has 6 nitrogen and oxygen atoms in total. The van der Waals surface area contributed by atoms with Gasteiger partial charge >= 0.3 is 12.1 Å². The van der Waals surface area contributed by atoms with Gasteiger partial charge in [0.1, 0.15) is 0 Å². The van der Waals surface area contributed by atoms with Gasteiger partial charge in [-0.05, 0) is 6.92 Å². The van der Waals surface area contributed by atoms with Crippen LogP contribution in [0, 0.1) is 0 Å². The largest absolute Gasteiger partial charge is 0.478 e. The first-order valence-corrected chi connectivity index (χ1v) is 3.94.